The van der Waals surface area contributed by atoms with Crippen molar-refractivity contribution in [2.75, 3.05) is 16.8 Å². The van der Waals surface area contributed by atoms with Gasteiger partial charge in [0.1, 0.15) is 11.6 Å². The second-order valence-electron chi connectivity index (χ2n) is 4.57. The van der Waals surface area contributed by atoms with E-state index in [0.29, 0.717) is 17.1 Å². The molecule has 0 bridgehead atoms. The van der Waals surface area contributed by atoms with Crippen LogP contribution in [0.25, 0.3) is 0 Å². The van der Waals surface area contributed by atoms with Gasteiger partial charge in [0.15, 0.2) is 0 Å². The highest BCUT2D eigenvalue weighted by Crippen LogP contribution is 2.32. The van der Waals surface area contributed by atoms with Crippen LogP contribution in [0.3, 0.4) is 0 Å². The van der Waals surface area contributed by atoms with Gasteiger partial charge in [0.2, 0.25) is 0 Å². The lowest BCUT2D eigenvalue weighted by molar-refractivity contribution is -0.384. The number of rotatable bonds is 5. The highest BCUT2D eigenvalue weighted by Gasteiger charge is 2.27. The molecule has 2 rings (SSSR count). The number of anilines is 2. The fourth-order valence-electron chi connectivity index (χ4n) is 2.41. The van der Waals surface area contributed by atoms with E-state index in [2.05, 4.69) is 17.2 Å². The van der Waals surface area contributed by atoms with Crippen molar-refractivity contribution in [2.24, 2.45) is 0 Å². The van der Waals surface area contributed by atoms with Gasteiger partial charge in [-0.2, -0.15) is 11.8 Å². The molecule has 1 aliphatic rings. The van der Waals surface area contributed by atoms with Crippen LogP contribution in [0.5, 0.6) is 0 Å². The molecular formula is C12H18N4O2S. The molecule has 19 heavy (non-hydrogen) atoms. The molecule has 1 aromatic heterocycles. The number of nitrogen functional groups attached to an aromatic ring is 1. The van der Waals surface area contributed by atoms with Crippen molar-refractivity contribution in [1.82, 2.24) is 4.98 Å². The molecule has 0 saturated heterocycles. The predicted molar refractivity (Wildman–Crippen MR) is 78.5 cm³/mol. The lowest BCUT2D eigenvalue weighted by atomic mass is 10.2. The smallest absolute Gasteiger partial charge is 0.276 e. The fraction of sp³-hybridized carbons (Fsp3) is 0.583. The Morgan fingerprint density at radius 2 is 2.37 bits per heavy atom. The van der Waals surface area contributed by atoms with Gasteiger partial charge in [0, 0.05) is 11.3 Å². The Kier molecular flexibility index (Phi) is 4.47. The Balaban J connectivity index is 2.12. The molecule has 6 nitrogen and oxygen atoms in total. The van der Waals surface area contributed by atoms with Gasteiger partial charge < -0.3 is 11.1 Å². The summed E-state index contributed by atoms with van der Waals surface area (Å²) in [5.74, 6) is 1.75. The van der Waals surface area contributed by atoms with Crippen LogP contribution >= 0.6 is 11.8 Å². The second kappa shape index (κ2) is 6.10. The Morgan fingerprint density at radius 3 is 3.05 bits per heavy atom. The number of thioether (sulfide) groups is 1. The zero-order chi connectivity index (χ0) is 13.8. The van der Waals surface area contributed by atoms with Crippen LogP contribution in [-0.4, -0.2) is 27.0 Å². The van der Waals surface area contributed by atoms with Crippen LogP contribution in [0, 0.1) is 10.1 Å². The van der Waals surface area contributed by atoms with E-state index < -0.39 is 4.92 Å². The van der Waals surface area contributed by atoms with Crippen LogP contribution in [0.2, 0.25) is 0 Å². The Morgan fingerprint density at radius 1 is 1.58 bits per heavy atom. The molecule has 1 fully saturated rings. The summed E-state index contributed by atoms with van der Waals surface area (Å²) in [5, 5.41) is 14.6. The maximum absolute atomic E-state index is 10.8. The van der Waals surface area contributed by atoms with E-state index in [1.165, 1.54) is 25.0 Å². The molecule has 0 radical (unpaired) electrons. The van der Waals surface area contributed by atoms with E-state index in [9.17, 15) is 10.1 Å². The van der Waals surface area contributed by atoms with Gasteiger partial charge >= 0.3 is 0 Å². The minimum absolute atomic E-state index is 0.0207. The van der Waals surface area contributed by atoms with Gasteiger partial charge in [-0.1, -0.05) is 13.3 Å². The number of aromatic nitrogens is 1. The summed E-state index contributed by atoms with van der Waals surface area (Å²) < 4.78 is 0. The molecule has 3 N–H and O–H groups in total. The molecule has 2 unspecified atom stereocenters. The Labute approximate surface area is 116 Å². The molecule has 7 heteroatoms. The quantitative estimate of drug-likeness (QED) is 0.637. The summed E-state index contributed by atoms with van der Waals surface area (Å²) >= 11 is 1.93. The number of nitrogens with two attached hydrogens (primary N) is 1. The molecule has 0 aromatic carbocycles. The summed E-state index contributed by atoms with van der Waals surface area (Å²) in [7, 11) is 0. The van der Waals surface area contributed by atoms with Gasteiger partial charge in [-0.25, -0.2) is 4.98 Å². The first kappa shape index (κ1) is 13.9. The van der Waals surface area contributed by atoms with Crippen molar-refractivity contribution in [2.45, 2.75) is 37.5 Å². The minimum Gasteiger partial charge on any atom is -0.383 e. The van der Waals surface area contributed by atoms with Gasteiger partial charge in [-0.15, -0.1) is 0 Å². The van der Waals surface area contributed by atoms with E-state index in [0.717, 1.165) is 12.2 Å². The van der Waals surface area contributed by atoms with Crippen molar-refractivity contribution >= 4 is 29.1 Å². The normalized spacial score (nSPS) is 22.4. The molecule has 0 spiro atoms. The van der Waals surface area contributed by atoms with Crippen molar-refractivity contribution < 1.29 is 4.92 Å². The molecule has 104 valence electrons. The fourth-order valence-corrected chi connectivity index (χ4v) is 3.61. The molecule has 1 heterocycles. The van der Waals surface area contributed by atoms with Gasteiger partial charge in [0.25, 0.3) is 5.69 Å². The van der Waals surface area contributed by atoms with Crippen LogP contribution in [-0.2, 0) is 0 Å². The first-order valence-electron chi connectivity index (χ1n) is 6.40. The van der Waals surface area contributed by atoms with E-state index in [-0.39, 0.29) is 11.5 Å². The lowest BCUT2D eigenvalue weighted by Gasteiger charge is -2.20. The van der Waals surface area contributed by atoms with Crippen LogP contribution in [0.15, 0.2) is 12.1 Å². The highest BCUT2D eigenvalue weighted by molar-refractivity contribution is 7.99. The number of hydrogen-bond donors (Lipinski definition) is 2. The Bertz CT molecular complexity index is 469. The monoisotopic (exact) mass is 282 g/mol. The van der Waals surface area contributed by atoms with Crippen molar-refractivity contribution in [3.8, 4) is 0 Å². The molecule has 0 aliphatic heterocycles. The number of nitrogens with zero attached hydrogens (tertiary/aromatic N) is 2. The Hall–Kier alpha value is -1.50. The van der Waals surface area contributed by atoms with Crippen molar-refractivity contribution in [3.05, 3.63) is 22.2 Å². The summed E-state index contributed by atoms with van der Waals surface area (Å²) in [5.41, 5.74) is 5.58. The zero-order valence-corrected chi connectivity index (χ0v) is 11.7. The van der Waals surface area contributed by atoms with Crippen LogP contribution < -0.4 is 11.1 Å². The number of hydrogen-bond acceptors (Lipinski definition) is 6. The maximum Gasteiger partial charge on any atom is 0.276 e. The summed E-state index contributed by atoms with van der Waals surface area (Å²) in [6, 6.07) is 3.04. The standard InChI is InChI=1S/C12H18N4O2S/c1-2-19-10-5-3-4-9(10)14-12-7-8(16(17)18)6-11(13)15-12/h6-7,9-10H,2-5H2,1H3,(H3,13,14,15). The van der Waals surface area contributed by atoms with E-state index in [1.54, 1.807) is 0 Å². The number of pyridine rings is 1. The minimum atomic E-state index is -0.448. The predicted octanol–water partition coefficient (Wildman–Crippen LogP) is 2.66. The lowest BCUT2D eigenvalue weighted by Crippen LogP contribution is -2.26. The first-order valence-corrected chi connectivity index (χ1v) is 7.45. The van der Waals surface area contributed by atoms with Gasteiger partial charge in [0.05, 0.1) is 17.1 Å². The third-order valence-corrected chi connectivity index (χ3v) is 4.53. The largest absolute Gasteiger partial charge is 0.383 e. The zero-order valence-electron chi connectivity index (χ0n) is 10.8. The molecule has 2 atom stereocenters. The van der Waals surface area contributed by atoms with E-state index in [1.807, 2.05) is 11.8 Å². The third-order valence-electron chi connectivity index (χ3n) is 3.21. The molecule has 0 amide bonds. The maximum atomic E-state index is 10.8. The number of nitrogens with one attached hydrogen (secondary N) is 1. The average Bonchev–Trinajstić information content (AvgIpc) is 2.76. The topological polar surface area (TPSA) is 94.1 Å². The molecule has 1 aliphatic carbocycles. The summed E-state index contributed by atoms with van der Waals surface area (Å²) in [4.78, 5) is 14.5. The molecule has 1 aromatic rings. The van der Waals surface area contributed by atoms with Gasteiger partial charge in [-0.05, 0) is 18.6 Å². The van der Waals surface area contributed by atoms with Gasteiger partial charge in [-0.3, -0.25) is 10.1 Å². The van der Waals surface area contributed by atoms with Crippen LogP contribution in [0.1, 0.15) is 26.2 Å². The summed E-state index contributed by atoms with van der Waals surface area (Å²) in [6.07, 6.45) is 3.43. The first-order chi connectivity index (χ1) is 9.10. The average molecular weight is 282 g/mol. The highest BCUT2D eigenvalue weighted by atomic mass is 32.2. The molecule has 1 saturated carbocycles. The van der Waals surface area contributed by atoms with Crippen molar-refractivity contribution in [1.29, 1.82) is 0 Å². The second-order valence-corrected chi connectivity index (χ2v) is 6.08. The van der Waals surface area contributed by atoms with Crippen LogP contribution in [0.4, 0.5) is 17.3 Å². The van der Waals surface area contributed by atoms with E-state index >= 15 is 0 Å². The van der Waals surface area contributed by atoms with E-state index in [4.69, 9.17) is 5.73 Å². The molecular weight excluding hydrogens is 264 g/mol. The third kappa shape index (κ3) is 3.50. The summed E-state index contributed by atoms with van der Waals surface area (Å²) in [6.45, 7) is 2.14. The number of nitro groups is 1. The van der Waals surface area contributed by atoms with Crippen molar-refractivity contribution in [3.63, 3.8) is 0 Å². The SMILES string of the molecule is CCSC1CCCC1Nc1cc([N+](=O)[O-])cc(N)n1.